The number of aromatic nitrogens is 2. The average molecular weight is 352 g/mol. The SMILES string of the molecule is O=C(CSc1nnc(NCc2ccco2)s1)N1CCCCCC1. The van der Waals surface area contributed by atoms with Crippen molar-refractivity contribution in [3.63, 3.8) is 0 Å². The van der Waals surface area contributed by atoms with Crippen LogP contribution in [0, 0.1) is 0 Å². The van der Waals surface area contributed by atoms with E-state index in [1.54, 1.807) is 6.26 Å². The fourth-order valence-corrected chi connectivity index (χ4v) is 4.10. The molecule has 0 radical (unpaired) electrons. The van der Waals surface area contributed by atoms with Crippen LogP contribution in [-0.4, -0.2) is 39.8 Å². The zero-order valence-corrected chi connectivity index (χ0v) is 14.5. The van der Waals surface area contributed by atoms with Gasteiger partial charge < -0.3 is 14.6 Å². The number of anilines is 1. The van der Waals surface area contributed by atoms with Gasteiger partial charge in [0.2, 0.25) is 11.0 Å². The first-order chi connectivity index (χ1) is 11.3. The summed E-state index contributed by atoms with van der Waals surface area (Å²) < 4.78 is 6.07. The van der Waals surface area contributed by atoms with Crippen LogP contribution in [0.2, 0.25) is 0 Å². The highest BCUT2D eigenvalue weighted by molar-refractivity contribution is 8.01. The third-order valence-corrected chi connectivity index (χ3v) is 5.68. The van der Waals surface area contributed by atoms with Crippen molar-refractivity contribution in [3.05, 3.63) is 24.2 Å². The van der Waals surface area contributed by atoms with E-state index in [1.807, 2.05) is 17.0 Å². The number of hydrogen-bond acceptors (Lipinski definition) is 7. The van der Waals surface area contributed by atoms with E-state index < -0.39 is 0 Å². The number of hydrogen-bond donors (Lipinski definition) is 1. The van der Waals surface area contributed by atoms with Crippen LogP contribution in [0.1, 0.15) is 31.4 Å². The molecule has 124 valence electrons. The molecule has 0 unspecified atom stereocenters. The quantitative estimate of drug-likeness (QED) is 0.805. The van der Waals surface area contributed by atoms with Gasteiger partial charge in [0, 0.05) is 13.1 Å². The van der Waals surface area contributed by atoms with Gasteiger partial charge in [0.25, 0.3) is 0 Å². The van der Waals surface area contributed by atoms with E-state index in [-0.39, 0.29) is 5.91 Å². The second-order valence-electron chi connectivity index (χ2n) is 5.39. The Labute approximate surface area is 143 Å². The number of nitrogens with zero attached hydrogens (tertiary/aromatic N) is 3. The summed E-state index contributed by atoms with van der Waals surface area (Å²) in [4.78, 5) is 14.2. The van der Waals surface area contributed by atoms with Crippen molar-refractivity contribution in [2.45, 2.75) is 36.6 Å². The molecular formula is C15H20N4O2S2. The van der Waals surface area contributed by atoms with Crippen molar-refractivity contribution in [2.24, 2.45) is 0 Å². The highest BCUT2D eigenvalue weighted by Crippen LogP contribution is 2.26. The van der Waals surface area contributed by atoms with E-state index in [4.69, 9.17) is 4.42 Å². The Kier molecular flexibility index (Phi) is 5.93. The summed E-state index contributed by atoms with van der Waals surface area (Å²) in [6.45, 7) is 2.37. The van der Waals surface area contributed by atoms with Gasteiger partial charge in [-0.1, -0.05) is 35.9 Å². The number of likely N-dealkylation sites (tertiary alicyclic amines) is 1. The molecule has 3 heterocycles. The lowest BCUT2D eigenvalue weighted by atomic mass is 10.2. The fraction of sp³-hybridized carbons (Fsp3) is 0.533. The molecular weight excluding hydrogens is 332 g/mol. The van der Waals surface area contributed by atoms with Crippen molar-refractivity contribution in [2.75, 3.05) is 24.2 Å². The van der Waals surface area contributed by atoms with Gasteiger partial charge in [0.1, 0.15) is 5.76 Å². The van der Waals surface area contributed by atoms with E-state index in [0.717, 1.165) is 41.2 Å². The summed E-state index contributed by atoms with van der Waals surface area (Å²) in [5, 5.41) is 12.1. The molecule has 0 aliphatic carbocycles. The highest BCUT2D eigenvalue weighted by atomic mass is 32.2. The first-order valence-corrected chi connectivity index (χ1v) is 9.62. The molecule has 2 aromatic rings. The molecule has 8 heteroatoms. The number of thioether (sulfide) groups is 1. The largest absolute Gasteiger partial charge is 0.467 e. The van der Waals surface area contributed by atoms with Gasteiger partial charge in [0.15, 0.2) is 4.34 Å². The summed E-state index contributed by atoms with van der Waals surface area (Å²) >= 11 is 2.93. The van der Waals surface area contributed by atoms with E-state index in [0.29, 0.717) is 12.3 Å². The van der Waals surface area contributed by atoms with Crippen LogP contribution in [0.5, 0.6) is 0 Å². The van der Waals surface area contributed by atoms with E-state index in [2.05, 4.69) is 15.5 Å². The zero-order valence-electron chi connectivity index (χ0n) is 12.9. The number of furan rings is 1. The monoisotopic (exact) mass is 352 g/mol. The van der Waals surface area contributed by atoms with Crippen LogP contribution in [0.4, 0.5) is 5.13 Å². The highest BCUT2D eigenvalue weighted by Gasteiger charge is 2.16. The molecule has 1 saturated heterocycles. The third kappa shape index (κ3) is 4.97. The molecule has 1 fully saturated rings. The first kappa shape index (κ1) is 16.3. The van der Waals surface area contributed by atoms with Crippen molar-refractivity contribution >= 4 is 34.1 Å². The minimum absolute atomic E-state index is 0.206. The summed E-state index contributed by atoms with van der Waals surface area (Å²) in [6, 6.07) is 3.76. The maximum atomic E-state index is 12.2. The molecule has 6 nitrogen and oxygen atoms in total. The normalized spacial score (nSPS) is 15.4. The number of carbonyl (C=O) groups is 1. The molecule has 1 amide bonds. The molecule has 0 bridgehead atoms. The molecule has 1 N–H and O–H groups in total. The summed E-state index contributed by atoms with van der Waals surface area (Å²) in [5.41, 5.74) is 0. The number of rotatable bonds is 6. The average Bonchev–Trinajstić information content (AvgIpc) is 3.16. The van der Waals surface area contributed by atoms with Gasteiger partial charge in [-0.05, 0) is 25.0 Å². The summed E-state index contributed by atoms with van der Waals surface area (Å²) in [5.74, 6) is 1.50. The number of carbonyl (C=O) groups excluding carboxylic acids is 1. The Hall–Kier alpha value is -1.54. The Morgan fingerprint density at radius 1 is 1.30 bits per heavy atom. The van der Waals surface area contributed by atoms with Crippen LogP contribution in [0.25, 0.3) is 0 Å². The molecule has 23 heavy (non-hydrogen) atoms. The van der Waals surface area contributed by atoms with Crippen molar-refractivity contribution in [1.82, 2.24) is 15.1 Å². The van der Waals surface area contributed by atoms with E-state index in [9.17, 15) is 4.79 Å². The molecule has 1 aliphatic rings. The molecule has 0 saturated carbocycles. The van der Waals surface area contributed by atoms with Crippen LogP contribution in [-0.2, 0) is 11.3 Å². The smallest absolute Gasteiger partial charge is 0.233 e. The van der Waals surface area contributed by atoms with Crippen LogP contribution in [0.3, 0.4) is 0 Å². The number of nitrogens with one attached hydrogen (secondary N) is 1. The van der Waals surface area contributed by atoms with Crippen LogP contribution < -0.4 is 5.32 Å². The minimum Gasteiger partial charge on any atom is -0.467 e. The Morgan fingerprint density at radius 3 is 2.87 bits per heavy atom. The predicted molar refractivity (Wildman–Crippen MR) is 91.7 cm³/mol. The summed E-state index contributed by atoms with van der Waals surface area (Å²) in [7, 11) is 0. The lowest BCUT2D eigenvalue weighted by molar-refractivity contribution is -0.128. The Balaban J connectivity index is 1.44. The van der Waals surface area contributed by atoms with Crippen molar-refractivity contribution in [3.8, 4) is 0 Å². The predicted octanol–water partition coefficient (Wildman–Crippen LogP) is 3.24. The van der Waals surface area contributed by atoms with Gasteiger partial charge in [-0.3, -0.25) is 4.79 Å². The molecule has 0 spiro atoms. The zero-order chi connectivity index (χ0) is 15.9. The maximum absolute atomic E-state index is 12.2. The molecule has 2 aromatic heterocycles. The molecule has 0 atom stereocenters. The van der Waals surface area contributed by atoms with Gasteiger partial charge in [-0.2, -0.15) is 0 Å². The van der Waals surface area contributed by atoms with E-state index in [1.165, 1.54) is 35.9 Å². The lowest BCUT2D eigenvalue weighted by Crippen LogP contribution is -2.33. The standard InChI is InChI=1S/C15H20N4O2S2/c20-13(19-7-3-1-2-4-8-19)11-22-15-18-17-14(23-15)16-10-12-6-5-9-21-12/h5-6,9H,1-4,7-8,10-11H2,(H,16,17). The topological polar surface area (TPSA) is 71.3 Å². The summed E-state index contributed by atoms with van der Waals surface area (Å²) in [6.07, 6.45) is 6.36. The van der Waals surface area contributed by atoms with Gasteiger partial charge in [0.05, 0.1) is 18.6 Å². The Morgan fingerprint density at radius 2 is 2.13 bits per heavy atom. The first-order valence-electron chi connectivity index (χ1n) is 7.81. The second kappa shape index (κ2) is 8.35. The molecule has 0 aromatic carbocycles. The van der Waals surface area contributed by atoms with Crippen LogP contribution in [0.15, 0.2) is 27.2 Å². The van der Waals surface area contributed by atoms with Gasteiger partial charge in [-0.25, -0.2) is 0 Å². The lowest BCUT2D eigenvalue weighted by Gasteiger charge is -2.19. The number of amides is 1. The third-order valence-electron chi connectivity index (χ3n) is 3.68. The van der Waals surface area contributed by atoms with E-state index >= 15 is 0 Å². The maximum Gasteiger partial charge on any atom is 0.233 e. The Bertz CT molecular complexity index is 607. The van der Waals surface area contributed by atoms with Crippen LogP contribution >= 0.6 is 23.1 Å². The van der Waals surface area contributed by atoms with Gasteiger partial charge in [-0.15, -0.1) is 10.2 Å². The molecule has 3 rings (SSSR count). The minimum atomic E-state index is 0.206. The molecule has 1 aliphatic heterocycles. The fourth-order valence-electron chi connectivity index (χ4n) is 2.45. The van der Waals surface area contributed by atoms with Gasteiger partial charge >= 0.3 is 0 Å². The van der Waals surface area contributed by atoms with Crippen molar-refractivity contribution < 1.29 is 9.21 Å². The second-order valence-corrected chi connectivity index (χ2v) is 7.59. The van der Waals surface area contributed by atoms with Crippen molar-refractivity contribution in [1.29, 1.82) is 0 Å².